The quantitative estimate of drug-likeness (QED) is 0.0141. The molecular weight excluding hydrogens is 1220 g/mol. The highest BCUT2D eigenvalue weighted by Gasteiger charge is 2.40. The van der Waals surface area contributed by atoms with Crippen LogP contribution in [0.15, 0.2) is 96.0 Å². The third kappa shape index (κ3) is 22.0. The first kappa shape index (κ1) is 72.8. The van der Waals surface area contributed by atoms with Crippen molar-refractivity contribution in [2.75, 3.05) is 39.0 Å². The number of guanidine groups is 1. The van der Waals surface area contributed by atoms with E-state index >= 15 is 4.79 Å². The van der Waals surface area contributed by atoms with E-state index in [1.165, 1.54) is 67.4 Å². The maximum Gasteiger partial charge on any atom is 0.288 e. The lowest BCUT2D eigenvalue weighted by atomic mass is 9.97. The van der Waals surface area contributed by atoms with Gasteiger partial charge in [-0.1, -0.05) is 80.6 Å². The second-order valence-corrected chi connectivity index (χ2v) is 23.5. The number of carbonyl (C=O) groups excluding carboxylic acids is 10. The number of nitrogens with two attached hydrogens (primary N) is 4. The Kier molecular flexibility index (Phi) is 27.5. The summed E-state index contributed by atoms with van der Waals surface area (Å²) in [7, 11) is 1.25. The molecule has 1 aromatic heterocycles. The molecule has 1 fully saturated rings. The maximum absolute atomic E-state index is 15.1. The number of anilines is 1. The number of aliphatic hydroxyl groups excluding tert-OH is 1. The van der Waals surface area contributed by atoms with Gasteiger partial charge >= 0.3 is 0 Å². The molecule has 6 rings (SSSR count). The number of amides is 10. The number of fused-ring (bicyclic) bond motifs is 1. The summed E-state index contributed by atoms with van der Waals surface area (Å²) in [6.45, 7) is 4.22. The number of likely N-dealkylation sites (N-methyl/N-ethyl adjacent to an activating group) is 1. The summed E-state index contributed by atoms with van der Waals surface area (Å²) in [6, 6.07) is 13.4. The van der Waals surface area contributed by atoms with Crippen LogP contribution in [0.1, 0.15) is 106 Å². The van der Waals surface area contributed by atoms with E-state index in [9.17, 15) is 57.8 Å². The van der Waals surface area contributed by atoms with Gasteiger partial charge in [-0.3, -0.25) is 58.0 Å². The number of nitrogens with one attached hydrogen (secondary N) is 8. The fourth-order valence-electron chi connectivity index (χ4n) is 10.8. The Morgan fingerprint density at radius 3 is 2.04 bits per heavy atom. The van der Waals surface area contributed by atoms with Crippen LogP contribution in [0.4, 0.5) is 10.3 Å². The summed E-state index contributed by atoms with van der Waals surface area (Å²) in [5.41, 5.74) is 23.9. The van der Waals surface area contributed by atoms with Gasteiger partial charge in [0.25, 0.3) is 5.91 Å². The van der Waals surface area contributed by atoms with Crippen LogP contribution in [0.2, 0.25) is 0 Å². The van der Waals surface area contributed by atoms with Crippen molar-refractivity contribution >= 4 is 81.8 Å². The number of nitrogen functional groups attached to an aromatic ring is 1. The minimum Gasteiger partial charge on any atom is -0.508 e. The number of halogens is 1. The fourth-order valence-corrected chi connectivity index (χ4v) is 10.8. The molecule has 0 aliphatic carbocycles. The number of aromatic nitrogens is 3. The minimum absolute atomic E-state index is 0.00252. The van der Waals surface area contributed by atoms with E-state index in [2.05, 4.69) is 57.4 Å². The molecule has 4 aromatic carbocycles. The number of aliphatic imine (C=N–C) groups is 1. The van der Waals surface area contributed by atoms with Gasteiger partial charge in [0.15, 0.2) is 5.96 Å². The lowest BCUT2D eigenvalue weighted by Crippen LogP contribution is -2.61. The van der Waals surface area contributed by atoms with Crippen molar-refractivity contribution in [3.8, 4) is 5.75 Å². The van der Waals surface area contributed by atoms with Gasteiger partial charge < -0.3 is 80.2 Å². The van der Waals surface area contributed by atoms with Gasteiger partial charge in [0.1, 0.15) is 59.9 Å². The van der Waals surface area contributed by atoms with Gasteiger partial charge in [-0.2, -0.15) is 4.98 Å². The molecule has 5 aromatic rings. The molecule has 8 unspecified atom stereocenters. The van der Waals surface area contributed by atoms with Crippen molar-refractivity contribution in [3.05, 3.63) is 119 Å². The Labute approximate surface area is 542 Å². The van der Waals surface area contributed by atoms with Crippen LogP contribution in [-0.4, -0.2) is 182 Å². The number of hydrogen-bond donors (Lipinski definition) is 14. The van der Waals surface area contributed by atoms with Crippen molar-refractivity contribution in [2.45, 2.75) is 146 Å². The summed E-state index contributed by atoms with van der Waals surface area (Å²) < 4.78 is 13.7. The van der Waals surface area contributed by atoms with Gasteiger partial charge in [0, 0.05) is 45.9 Å². The van der Waals surface area contributed by atoms with Crippen LogP contribution in [0, 0.1) is 11.7 Å². The van der Waals surface area contributed by atoms with Crippen LogP contribution < -0.4 is 60.2 Å². The number of phenolic OH excluding ortho intramolecular Hbond substituents is 1. The number of H-pyrrole nitrogens is 1. The van der Waals surface area contributed by atoms with Crippen molar-refractivity contribution in [3.63, 3.8) is 0 Å². The van der Waals surface area contributed by atoms with Crippen molar-refractivity contribution in [1.29, 1.82) is 0 Å². The molecule has 94 heavy (non-hydrogen) atoms. The maximum atomic E-state index is 15.1. The molecule has 10 amide bonds. The smallest absolute Gasteiger partial charge is 0.288 e. The van der Waals surface area contributed by atoms with Crippen LogP contribution in [-0.2, 0) is 62.4 Å². The zero-order valence-electron chi connectivity index (χ0n) is 53.1. The van der Waals surface area contributed by atoms with Crippen molar-refractivity contribution < 1.29 is 62.5 Å². The molecular formula is C64H86FN17O12. The topological polar surface area (TPSA) is 460 Å². The lowest BCUT2D eigenvalue weighted by Gasteiger charge is -2.33. The molecule has 0 radical (unpaired) electrons. The standard InChI is InChI=1S/C64H86FN17O12/c1-36(2)32-47(56(88)75-46(17-10-30-71-63(67)68)62(94)82-31-11-18-50(82)58(90)72-37(3)53(66)86)76-55(87)45(16-7-8-29-70-60(92)54-78-64(69)80-79-54)74-59(91)51(33-39-21-26-43(84)27-22-39)81(4)61(93)49(35-83)77-57(89)48(34-41-14-9-13-40-12-5-6-15-44(40)41)73-52(85)28-23-38-19-24-42(65)25-20-38/h5-6,9,12-15,19-22,24-27,36-37,45-51,83-84H,7-8,10-11,16-18,23,28-35H2,1-4H3,(H2,66,86)(H,70,92)(H,72,90)(H,73,85)(H,74,91)(H,75,88)(H,76,87)(H,77,89)(H4,67,68,71)(H3,69,78,79,80). The fraction of sp³-hybridized carbons (Fsp3) is 0.453. The number of benzene rings is 4. The second kappa shape index (κ2) is 35.5. The lowest BCUT2D eigenvalue weighted by molar-refractivity contribution is -0.144. The van der Waals surface area contributed by atoms with Gasteiger partial charge in [0.05, 0.1) is 6.61 Å². The van der Waals surface area contributed by atoms with E-state index in [1.54, 1.807) is 26.0 Å². The van der Waals surface area contributed by atoms with Crippen LogP contribution in [0.25, 0.3) is 10.8 Å². The van der Waals surface area contributed by atoms with Gasteiger partial charge in [-0.05, 0) is 122 Å². The Morgan fingerprint density at radius 1 is 0.734 bits per heavy atom. The number of unbranched alkanes of at least 4 members (excludes halogenated alkanes) is 1. The molecule has 2 heterocycles. The molecule has 1 aliphatic heterocycles. The number of nitrogens with zero attached hydrogens (tertiary/aromatic N) is 5. The molecule has 18 N–H and O–H groups in total. The first-order valence-electron chi connectivity index (χ1n) is 31.1. The van der Waals surface area contributed by atoms with E-state index in [-0.39, 0.29) is 120 Å². The molecule has 506 valence electrons. The predicted octanol–water partition coefficient (Wildman–Crippen LogP) is -0.273. The summed E-state index contributed by atoms with van der Waals surface area (Å²) in [5, 5.41) is 47.7. The third-order valence-electron chi connectivity index (χ3n) is 15.9. The molecule has 29 nitrogen and oxygen atoms in total. The normalized spacial score (nSPS) is 15.0. The Hall–Kier alpha value is -10.3. The third-order valence-corrected chi connectivity index (χ3v) is 15.9. The zero-order chi connectivity index (χ0) is 68.6. The van der Waals surface area contributed by atoms with Crippen LogP contribution in [0.3, 0.4) is 0 Å². The van der Waals surface area contributed by atoms with Gasteiger partial charge in [0.2, 0.25) is 64.9 Å². The first-order chi connectivity index (χ1) is 44.8. The number of phenols is 1. The van der Waals surface area contributed by atoms with E-state index in [0.717, 1.165) is 15.7 Å². The van der Waals surface area contributed by atoms with E-state index in [4.69, 9.17) is 22.9 Å². The SMILES string of the molecule is CC(C)CC(NC(=O)C(CCCCNC(=O)c1nc(N)n[nH]1)NC(=O)C(Cc1ccc(O)cc1)N(C)C(=O)C(CO)NC(=O)C(Cc1cccc2ccccc12)NC(=O)CCc1ccc(F)cc1)C(=O)NC(CCCN=C(N)N)C(=O)N1CCCC1C(=O)NC(C)C(N)=O. The van der Waals surface area contributed by atoms with Crippen LogP contribution >= 0.6 is 0 Å². The van der Waals surface area contributed by atoms with Crippen LogP contribution in [0.5, 0.6) is 5.75 Å². The number of aromatic hydroxyl groups is 1. The van der Waals surface area contributed by atoms with Crippen molar-refractivity contribution in [1.82, 2.24) is 62.2 Å². The van der Waals surface area contributed by atoms with E-state index < -0.39 is 120 Å². The van der Waals surface area contributed by atoms with E-state index in [0.29, 0.717) is 23.1 Å². The summed E-state index contributed by atoms with van der Waals surface area (Å²) in [6.07, 6.45) is 0.830. The molecule has 0 bridgehead atoms. The van der Waals surface area contributed by atoms with Gasteiger partial charge in [-0.15, -0.1) is 5.10 Å². The largest absolute Gasteiger partial charge is 0.508 e. The number of likely N-dealkylation sites (tertiary alicyclic amines) is 1. The minimum atomic E-state index is -1.72. The average Bonchev–Trinajstić information content (AvgIpc) is 1.21. The number of aromatic amines is 1. The Morgan fingerprint density at radius 2 is 1.37 bits per heavy atom. The summed E-state index contributed by atoms with van der Waals surface area (Å²) in [4.78, 5) is 150. The Bertz CT molecular complexity index is 3470. The number of primary amides is 1. The zero-order valence-corrected chi connectivity index (χ0v) is 53.1. The molecule has 8 atom stereocenters. The molecule has 30 heteroatoms. The summed E-state index contributed by atoms with van der Waals surface area (Å²) >= 11 is 0. The number of rotatable bonds is 35. The average molecular weight is 1300 g/mol. The number of hydrogen-bond acceptors (Lipinski definition) is 16. The number of carbonyl (C=O) groups is 10. The first-order valence-corrected chi connectivity index (χ1v) is 31.1. The highest BCUT2D eigenvalue weighted by Crippen LogP contribution is 2.23. The molecule has 1 saturated heterocycles. The monoisotopic (exact) mass is 1300 g/mol. The highest BCUT2D eigenvalue weighted by molar-refractivity contribution is 5.99. The predicted molar refractivity (Wildman–Crippen MR) is 345 cm³/mol. The molecule has 1 aliphatic rings. The molecule has 0 saturated carbocycles. The van der Waals surface area contributed by atoms with E-state index in [1.807, 2.05) is 30.3 Å². The number of aryl methyl sites for hydroxylation is 1. The highest BCUT2D eigenvalue weighted by atomic mass is 19.1. The van der Waals surface area contributed by atoms with Crippen molar-refractivity contribution in [2.24, 2.45) is 28.1 Å². The molecule has 0 spiro atoms. The summed E-state index contributed by atoms with van der Waals surface area (Å²) in [5.74, 6) is -9.01. The van der Waals surface area contributed by atoms with Gasteiger partial charge in [-0.25, -0.2) is 4.39 Å². The Balaban J connectivity index is 1.27. The number of aliphatic hydroxyl groups is 1. The second-order valence-electron chi connectivity index (χ2n) is 23.5.